The van der Waals surface area contributed by atoms with Gasteiger partial charge < -0.3 is 17.9 Å². The third-order valence-electron chi connectivity index (χ3n) is 0. The van der Waals surface area contributed by atoms with Crippen LogP contribution in [0.5, 0.6) is 0 Å². The quantitative estimate of drug-likeness (QED) is 0.301. The van der Waals surface area contributed by atoms with E-state index in [1.54, 1.807) is 0 Å². The van der Waals surface area contributed by atoms with E-state index in [0.717, 1.165) is 0 Å². The van der Waals surface area contributed by atoms with Gasteiger partial charge in [-0.2, -0.15) is 0 Å². The molecule has 0 aliphatic rings. The molecule has 4 heteroatoms. The summed E-state index contributed by atoms with van der Waals surface area (Å²) < 4.78 is 0. The Balaban J connectivity index is 0. The fraction of sp³-hybridized carbons (Fsp3) is 0. The third-order valence-corrected chi connectivity index (χ3v) is 0. The first-order valence-electron chi connectivity index (χ1n) is 0. The number of hydrogen-bond donors (Lipinski definition) is 0. The molecule has 0 saturated carbocycles. The maximum Gasteiger partial charge on any atom is 2.00 e. The van der Waals surface area contributed by atoms with Crippen molar-refractivity contribution in [1.29, 1.82) is 0 Å². The minimum absolute atomic E-state index is 0. The van der Waals surface area contributed by atoms with Gasteiger partial charge in [-0.25, -0.2) is 0 Å². The molecule has 0 heterocycles. The topological polar surface area (TPSA) is 28.5 Å². The molecule has 0 fully saturated rings. The van der Waals surface area contributed by atoms with Gasteiger partial charge in [-0.1, -0.05) is 0 Å². The molecule has 0 aromatic carbocycles. The summed E-state index contributed by atoms with van der Waals surface area (Å²) in [5.74, 6) is 0. The molecule has 0 amide bonds. The summed E-state index contributed by atoms with van der Waals surface area (Å²) in [5, 5.41) is 0. The van der Waals surface area contributed by atoms with Crippen LogP contribution in [0, 0.1) is 0 Å². The molecule has 16 valence electrons. The van der Waals surface area contributed by atoms with E-state index in [1.807, 2.05) is 0 Å². The van der Waals surface area contributed by atoms with E-state index in [4.69, 9.17) is 0 Å². The first-order valence-corrected chi connectivity index (χ1v) is 0. The van der Waals surface area contributed by atoms with Crippen LogP contribution >= 0.6 is 0 Å². The summed E-state index contributed by atoms with van der Waals surface area (Å²) in [7, 11) is 0. The molecule has 0 aliphatic heterocycles. The van der Waals surface area contributed by atoms with Crippen LogP contribution in [0.15, 0.2) is 0 Å². The molecule has 0 bridgehead atoms. The van der Waals surface area contributed by atoms with Gasteiger partial charge in [0.05, 0.1) is 0 Å². The molecule has 0 spiro atoms. The van der Waals surface area contributed by atoms with Gasteiger partial charge in [-0.15, -0.1) is 0 Å². The van der Waals surface area contributed by atoms with E-state index in [1.165, 1.54) is 0 Å². The first kappa shape index (κ1) is 29.4. The molecule has 0 atom stereocenters. The van der Waals surface area contributed by atoms with Crippen LogP contribution in [-0.2, 0) is 5.48 Å². The Morgan fingerprint density at radius 1 is 0.750 bits per heavy atom. The molecular formula is Ca2ClO+. The van der Waals surface area contributed by atoms with Gasteiger partial charge in [0.1, 0.15) is 0 Å². The molecule has 1 nitrogen and oxygen atoms in total. The Labute approximate surface area is 91.2 Å². The smallest absolute Gasteiger partial charge is 2.00 e. The van der Waals surface area contributed by atoms with Crippen molar-refractivity contribution in [2.24, 2.45) is 0 Å². The molecule has 4 heavy (non-hydrogen) atoms. The van der Waals surface area contributed by atoms with Crippen molar-refractivity contribution >= 4 is 75.5 Å². The standard InChI is InChI=1S/2Ca.ClH.O/h;;1H;/q2*+2;;-2/p-1. The average Bonchev–Trinajstić information content (AvgIpc) is 0. The van der Waals surface area contributed by atoms with E-state index in [0.29, 0.717) is 0 Å². The van der Waals surface area contributed by atoms with Crippen LogP contribution in [0.3, 0.4) is 0 Å². The van der Waals surface area contributed by atoms with E-state index in [-0.39, 0.29) is 93.4 Å². The number of halogens is 1. The Kier molecular flexibility index (Phi) is 126. The largest absolute Gasteiger partial charge is 2.00 e. The van der Waals surface area contributed by atoms with Crippen LogP contribution in [0.4, 0.5) is 0 Å². The molecule has 0 aromatic rings. The molecule has 0 rings (SSSR count). The summed E-state index contributed by atoms with van der Waals surface area (Å²) in [5.41, 5.74) is 0. The monoisotopic (exact) mass is 131 g/mol. The van der Waals surface area contributed by atoms with Gasteiger partial charge in [-0.3, -0.25) is 0 Å². The Morgan fingerprint density at radius 3 is 0.750 bits per heavy atom. The van der Waals surface area contributed by atoms with Crippen molar-refractivity contribution in [3.05, 3.63) is 0 Å². The first-order chi connectivity index (χ1) is 0. The van der Waals surface area contributed by atoms with Crippen molar-refractivity contribution in [3.63, 3.8) is 0 Å². The Bertz CT molecular complexity index is 6.00. The van der Waals surface area contributed by atoms with Gasteiger partial charge in [0.2, 0.25) is 0 Å². The normalized spacial score (nSPS) is 0. The second kappa shape index (κ2) is 17.1. The zero-order chi connectivity index (χ0) is 0. The third kappa shape index (κ3) is 8.84. The predicted octanol–water partition coefficient (Wildman–Crippen LogP) is -3.88. The summed E-state index contributed by atoms with van der Waals surface area (Å²) in [6.45, 7) is 0. The van der Waals surface area contributed by atoms with Crippen molar-refractivity contribution < 1.29 is 17.9 Å². The van der Waals surface area contributed by atoms with Crippen LogP contribution < -0.4 is 12.4 Å². The Hall–Kier alpha value is 2.77. The summed E-state index contributed by atoms with van der Waals surface area (Å²) >= 11 is 0. The van der Waals surface area contributed by atoms with Gasteiger partial charge in [-0.05, 0) is 0 Å². The summed E-state index contributed by atoms with van der Waals surface area (Å²) in [6, 6.07) is 0. The van der Waals surface area contributed by atoms with Crippen molar-refractivity contribution in [2.45, 2.75) is 0 Å². The molecule has 0 saturated heterocycles. The summed E-state index contributed by atoms with van der Waals surface area (Å²) in [6.07, 6.45) is 0. The minimum atomic E-state index is 0. The van der Waals surface area contributed by atoms with Crippen LogP contribution in [0.1, 0.15) is 0 Å². The van der Waals surface area contributed by atoms with Gasteiger partial charge >= 0.3 is 75.5 Å². The van der Waals surface area contributed by atoms with Gasteiger partial charge in [0.25, 0.3) is 0 Å². The van der Waals surface area contributed by atoms with Crippen LogP contribution in [0.25, 0.3) is 0 Å². The van der Waals surface area contributed by atoms with Crippen molar-refractivity contribution in [3.8, 4) is 0 Å². The fourth-order valence-electron chi connectivity index (χ4n) is 0. The summed E-state index contributed by atoms with van der Waals surface area (Å²) in [4.78, 5) is 0. The van der Waals surface area contributed by atoms with Crippen LogP contribution in [0.2, 0.25) is 0 Å². The fourth-order valence-corrected chi connectivity index (χ4v) is 0. The average molecular weight is 132 g/mol. The van der Waals surface area contributed by atoms with Crippen LogP contribution in [-0.4, -0.2) is 75.5 Å². The Morgan fingerprint density at radius 2 is 0.750 bits per heavy atom. The molecule has 0 radical (unpaired) electrons. The molecule has 0 N–H and O–H groups in total. The maximum absolute atomic E-state index is 0. The van der Waals surface area contributed by atoms with E-state index < -0.39 is 0 Å². The molecule has 0 aromatic heterocycles. The van der Waals surface area contributed by atoms with Crippen molar-refractivity contribution in [1.82, 2.24) is 0 Å². The zero-order valence-electron chi connectivity index (χ0n) is 2.20. The van der Waals surface area contributed by atoms with E-state index >= 15 is 0 Å². The van der Waals surface area contributed by atoms with E-state index in [2.05, 4.69) is 0 Å². The predicted molar refractivity (Wildman–Crippen MR) is 12.2 cm³/mol. The van der Waals surface area contributed by atoms with Gasteiger partial charge in [0.15, 0.2) is 0 Å². The second-order valence-corrected chi connectivity index (χ2v) is 0. The number of hydrogen-bond acceptors (Lipinski definition) is 0. The maximum atomic E-state index is 0. The minimum Gasteiger partial charge on any atom is -2.00 e. The van der Waals surface area contributed by atoms with E-state index in [9.17, 15) is 0 Å². The second-order valence-electron chi connectivity index (χ2n) is 0. The SMILES string of the molecule is [Ca+2].[Ca+2].[Cl-].[O-2]. The molecular weight excluding hydrogens is 132 g/mol. The van der Waals surface area contributed by atoms with Crippen molar-refractivity contribution in [2.75, 3.05) is 0 Å². The molecule has 0 aliphatic carbocycles. The number of rotatable bonds is 0. The zero-order valence-corrected chi connectivity index (χ0v) is 7.37. The van der Waals surface area contributed by atoms with Gasteiger partial charge in [0, 0.05) is 0 Å². The molecule has 0 unspecified atom stereocenters.